The molecule has 16 heavy (non-hydrogen) atoms. The Bertz CT molecular complexity index is 359. The fraction of sp³-hybridized carbons (Fsp3) is 0.500. The first-order valence-corrected chi connectivity index (χ1v) is 4.73. The summed E-state index contributed by atoms with van der Waals surface area (Å²) in [6.07, 6.45) is -4.13. The van der Waals surface area contributed by atoms with E-state index in [2.05, 4.69) is 9.97 Å². The van der Waals surface area contributed by atoms with E-state index < -0.39 is 12.6 Å². The maximum absolute atomic E-state index is 11.8. The maximum Gasteiger partial charge on any atom is 0.389 e. The van der Waals surface area contributed by atoms with Crippen LogP contribution in [0.3, 0.4) is 0 Å². The van der Waals surface area contributed by atoms with Gasteiger partial charge in [0.2, 0.25) is 5.88 Å². The van der Waals surface area contributed by atoms with Gasteiger partial charge in [-0.05, 0) is 6.42 Å². The van der Waals surface area contributed by atoms with Crippen molar-refractivity contribution in [3.63, 3.8) is 0 Å². The Morgan fingerprint density at radius 2 is 2.06 bits per heavy atom. The van der Waals surface area contributed by atoms with Crippen molar-refractivity contribution in [3.05, 3.63) is 11.5 Å². The van der Waals surface area contributed by atoms with Crippen LogP contribution in [-0.2, 0) is 0 Å². The van der Waals surface area contributed by atoms with Crippen LogP contribution in [0.2, 0.25) is 5.15 Å². The summed E-state index contributed by atoms with van der Waals surface area (Å²) in [4.78, 5) is 7.23. The zero-order valence-electron chi connectivity index (χ0n) is 8.09. The zero-order valence-corrected chi connectivity index (χ0v) is 8.85. The van der Waals surface area contributed by atoms with Gasteiger partial charge < -0.3 is 10.5 Å². The summed E-state index contributed by atoms with van der Waals surface area (Å²) >= 11 is 5.56. The largest absolute Gasteiger partial charge is 0.476 e. The lowest BCUT2D eigenvalue weighted by atomic mass is 10.3. The monoisotopic (exact) mass is 255 g/mol. The highest BCUT2D eigenvalue weighted by Gasteiger charge is 2.26. The number of nitrogen functional groups attached to an aromatic ring is 1. The van der Waals surface area contributed by atoms with Crippen molar-refractivity contribution < 1.29 is 17.9 Å². The molecule has 90 valence electrons. The summed E-state index contributed by atoms with van der Waals surface area (Å²) in [7, 11) is 0. The van der Waals surface area contributed by atoms with Gasteiger partial charge in [-0.1, -0.05) is 11.6 Å². The van der Waals surface area contributed by atoms with Crippen LogP contribution in [0.1, 0.15) is 12.8 Å². The lowest BCUT2D eigenvalue weighted by Crippen LogP contribution is -2.10. The first kappa shape index (κ1) is 12.8. The lowest BCUT2D eigenvalue weighted by molar-refractivity contribution is -0.136. The van der Waals surface area contributed by atoms with Crippen molar-refractivity contribution >= 4 is 17.3 Å². The molecule has 0 aliphatic carbocycles. The summed E-state index contributed by atoms with van der Waals surface area (Å²) in [6, 6.07) is 0. The number of ether oxygens (including phenoxy) is 1. The topological polar surface area (TPSA) is 61.0 Å². The van der Waals surface area contributed by atoms with Gasteiger partial charge >= 0.3 is 6.18 Å². The molecule has 0 aliphatic rings. The number of hydrogen-bond acceptors (Lipinski definition) is 4. The summed E-state index contributed by atoms with van der Waals surface area (Å²) in [5, 5.41) is 0.0146. The number of alkyl halides is 3. The van der Waals surface area contributed by atoms with Gasteiger partial charge in [-0.3, -0.25) is 0 Å². The van der Waals surface area contributed by atoms with E-state index in [1.807, 2.05) is 0 Å². The molecule has 1 aromatic heterocycles. The Morgan fingerprint density at radius 3 is 2.69 bits per heavy atom. The second-order valence-corrected chi connectivity index (χ2v) is 3.31. The Labute approximate surface area is 94.6 Å². The molecule has 0 radical (unpaired) electrons. The number of anilines is 1. The highest BCUT2D eigenvalue weighted by atomic mass is 35.5. The Morgan fingerprint density at radius 1 is 1.38 bits per heavy atom. The third kappa shape index (κ3) is 4.09. The van der Waals surface area contributed by atoms with E-state index in [4.69, 9.17) is 22.1 Å². The van der Waals surface area contributed by atoms with E-state index >= 15 is 0 Å². The van der Waals surface area contributed by atoms with Crippen molar-refractivity contribution in [1.82, 2.24) is 9.97 Å². The smallest absolute Gasteiger partial charge is 0.389 e. The third-order valence-corrected chi connectivity index (χ3v) is 1.94. The van der Waals surface area contributed by atoms with Gasteiger partial charge in [-0.15, -0.1) is 0 Å². The predicted molar refractivity (Wildman–Crippen MR) is 52.2 cm³/mol. The van der Waals surface area contributed by atoms with Crippen LogP contribution in [0.15, 0.2) is 6.33 Å². The van der Waals surface area contributed by atoms with Crippen LogP contribution in [-0.4, -0.2) is 22.8 Å². The van der Waals surface area contributed by atoms with Crippen LogP contribution >= 0.6 is 11.6 Å². The first-order chi connectivity index (χ1) is 7.40. The average molecular weight is 256 g/mol. The van der Waals surface area contributed by atoms with Crippen molar-refractivity contribution in [3.8, 4) is 5.88 Å². The van der Waals surface area contributed by atoms with Gasteiger partial charge in [-0.25, -0.2) is 4.98 Å². The molecule has 0 atom stereocenters. The van der Waals surface area contributed by atoms with E-state index in [9.17, 15) is 13.2 Å². The fourth-order valence-corrected chi connectivity index (χ4v) is 1.04. The molecule has 4 nitrogen and oxygen atoms in total. The number of nitrogens with two attached hydrogens (primary N) is 1. The van der Waals surface area contributed by atoms with Gasteiger partial charge in [-0.2, -0.15) is 18.2 Å². The molecule has 0 saturated heterocycles. The van der Waals surface area contributed by atoms with E-state index in [0.29, 0.717) is 0 Å². The van der Waals surface area contributed by atoms with E-state index in [1.54, 1.807) is 0 Å². The fourth-order valence-electron chi connectivity index (χ4n) is 0.916. The van der Waals surface area contributed by atoms with E-state index in [1.165, 1.54) is 0 Å². The van der Waals surface area contributed by atoms with Crippen LogP contribution in [0.5, 0.6) is 5.88 Å². The van der Waals surface area contributed by atoms with Crippen LogP contribution in [0, 0.1) is 0 Å². The summed E-state index contributed by atoms with van der Waals surface area (Å²) in [5.74, 6) is 0.00201. The predicted octanol–water partition coefficient (Wildman–Crippen LogP) is 2.43. The lowest BCUT2D eigenvalue weighted by Gasteiger charge is -2.09. The molecule has 0 fully saturated rings. The number of aromatic nitrogens is 2. The van der Waals surface area contributed by atoms with Gasteiger partial charge in [0, 0.05) is 6.42 Å². The second kappa shape index (κ2) is 5.20. The molecule has 0 amide bonds. The molecular formula is C8H9ClF3N3O. The van der Waals surface area contributed by atoms with Gasteiger partial charge in [0.1, 0.15) is 12.0 Å². The molecule has 1 heterocycles. The van der Waals surface area contributed by atoms with Gasteiger partial charge in [0.15, 0.2) is 5.15 Å². The summed E-state index contributed by atoms with van der Waals surface area (Å²) in [6.45, 7) is -0.128. The molecule has 0 unspecified atom stereocenters. The average Bonchev–Trinajstić information content (AvgIpc) is 2.17. The zero-order chi connectivity index (χ0) is 12.2. The number of hydrogen-bond donors (Lipinski definition) is 1. The molecule has 1 rings (SSSR count). The molecule has 0 aromatic carbocycles. The molecule has 0 aliphatic heterocycles. The van der Waals surface area contributed by atoms with Crippen molar-refractivity contribution in [2.24, 2.45) is 0 Å². The molecule has 0 spiro atoms. The number of nitrogens with zero attached hydrogens (tertiary/aromatic N) is 2. The van der Waals surface area contributed by atoms with Crippen molar-refractivity contribution in [2.75, 3.05) is 12.3 Å². The van der Waals surface area contributed by atoms with Crippen LogP contribution in [0.25, 0.3) is 0 Å². The van der Waals surface area contributed by atoms with Crippen LogP contribution < -0.4 is 10.5 Å². The maximum atomic E-state index is 11.8. The molecule has 1 aromatic rings. The first-order valence-electron chi connectivity index (χ1n) is 4.35. The van der Waals surface area contributed by atoms with Gasteiger partial charge in [0.25, 0.3) is 0 Å². The molecular weight excluding hydrogens is 247 g/mol. The Balaban J connectivity index is 2.41. The Kier molecular flexibility index (Phi) is 4.17. The highest BCUT2D eigenvalue weighted by molar-refractivity contribution is 6.32. The van der Waals surface area contributed by atoms with Crippen molar-refractivity contribution in [1.29, 1.82) is 0 Å². The normalized spacial score (nSPS) is 11.5. The number of halogens is 4. The highest BCUT2D eigenvalue weighted by Crippen LogP contribution is 2.25. The summed E-state index contributed by atoms with van der Waals surface area (Å²) in [5.41, 5.74) is 5.47. The minimum absolute atomic E-state index is 0.00201. The summed E-state index contributed by atoms with van der Waals surface area (Å²) < 4.78 is 40.3. The van der Waals surface area contributed by atoms with E-state index in [-0.39, 0.29) is 29.7 Å². The van der Waals surface area contributed by atoms with E-state index in [0.717, 1.165) is 6.33 Å². The number of rotatable bonds is 4. The molecule has 2 N–H and O–H groups in total. The van der Waals surface area contributed by atoms with Crippen molar-refractivity contribution in [2.45, 2.75) is 19.0 Å². The minimum atomic E-state index is -4.18. The Hall–Kier alpha value is -1.24. The van der Waals surface area contributed by atoms with Crippen LogP contribution in [0.4, 0.5) is 18.9 Å². The molecule has 0 saturated carbocycles. The minimum Gasteiger partial charge on any atom is -0.476 e. The second-order valence-electron chi connectivity index (χ2n) is 2.95. The quantitative estimate of drug-likeness (QED) is 0.663. The molecule has 0 bridgehead atoms. The standard InChI is InChI=1S/C8H9ClF3N3O/c9-6-5(13)7(15-4-14-6)16-3-1-2-8(10,11)12/h4H,1-3,13H2. The third-order valence-electron chi connectivity index (χ3n) is 1.64. The SMILES string of the molecule is Nc1c(Cl)ncnc1OCCCC(F)(F)F. The van der Waals surface area contributed by atoms with Gasteiger partial charge in [0.05, 0.1) is 6.61 Å². The molecule has 8 heteroatoms.